The fourth-order valence-electron chi connectivity index (χ4n) is 2.42. The smallest absolute Gasteiger partial charge is 0.261 e. The van der Waals surface area contributed by atoms with Crippen molar-refractivity contribution >= 4 is 17.5 Å². The lowest BCUT2D eigenvalue weighted by molar-refractivity contribution is -0.134. The summed E-state index contributed by atoms with van der Waals surface area (Å²) in [7, 11) is 0. The highest BCUT2D eigenvalue weighted by Crippen LogP contribution is 2.17. The van der Waals surface area contributed by atoms with Crippen LogP contribution < -0.4 is 4.74 Å². The molecular formula is C20H18ClNO3. The van der Waals surface area contributed by atoms with Crippen LogP contribution in [0.4, 0.5) is 0 Å². The van der Waals surface area contributed by atoms with Crippen molar-refractivity contribution in [3.63, 3.8) is 0 Å². The number of furan rings is 1. The Labute approximate surface area is 151 Å². The van der Waals surface area contributed by atoms with Crippen molar-refractivity contribution in [1.29, 1.82) is 0 Å². The van der Waals surface area contributed by atoms with Crippen LogP contribution in [0.2, 0.25) is 5.02 Å². The number of ether oxygens (including phenoxy) is 1. The molecule has 0 aliphatic heterocycles. The summed E-state index contributed by atoms with van der Waals surface area (Å²) < 4.78 is 11.0. The Morgan fingerprint density at radius 2 is 1.84 bits per heavy atom. The number of benzene rings is 2. The highest BCUT2D eigenvalue weighted by molar-refractivity contribution is 6.30. The first-order chi connectivity index (χ1) is 12.2. The van der Waals surface area contributed by atoms with Crippen molar-refractivity contribution in [3.05, 3.63) is 89.3 Å². The first-order valence-electron chi connectivity index (χ1n) is 7.93. The molecule has 1 amide bonds. The van der Waals surface area contributed by atoms with Gasteiger partial charge in [0.2, 0.25) is 0 Å². The van der Waals surface area contributed by atoms with Crippen LogP contribution in [-0.2, 0) is 17.9 Å². The zero-order valence-corrected chi connectivity index (χ0v) is 14.4. The monoisotopic (exact) mass is 355 g/mol. The van der Waals surface area contributed by atoms with E-state index in [0.29, 0.717) is 23.9 Å². The van der Waals surface area contributed by atoms with Crippen molar-refractivity contribution in [2.75, 3.05) is 6.61 Å². The second-order valence-corrected chi connectivity index (χ2v) is 6.00. The molecule has 5 heteroatoms. The Bertz CT molecular complexity index is 803. The lowest BCUT2D eigenvalue weighted by atomic mass is 10.2. The number of nitrogens with zero attached hydrogens (tertiary/aromatic N) is 1. The summed E-state index contributed by atoms with van der Waals surface area (Å²) in [6.45, 7) is 0.812. The van der Waals surface area contributed by atoms with Crippen molar-refractivity contribution in [3.8, 4) is 5.75 Å². The first kappa shape index (κ1) is 17.1. The number of carbonyl (C=O) groups excluding carboxylic acids is 1. The van der Waals surface area contributed by atoms with E-state index in [1.165, 1.54) is 0 Å². The minimum Gasteiger partial charge on any atom is -0.484 e. The van der Waals surface area contributed by atoms with Gasteiger partial charge in [-0.2, -0.15) is 0 Å². The second kappa shape index (κ2) is 8.40. The van der Waals surface area contributed by atoms with E-state index in [1.54, 1.807) is 35.4 Å². The van der Waals surface area contributed by atoms with Crippen LogP contribution in [0.15, 0.2) is 77.4 Å². The highest BCUT2D eigenvalue weighted by atomic mass is 35.5. The van der Waals surface area contributed by atoms with Gasteiger partial charge in [-0.3, -0.25) is 4.79 Å². The van der Waals surface area contributed by atoms with Gasteiger partial charge in [-0.15, -0.1) is 0 Å². The van der Waals surface area contributed by atoms with Crippen LogP contribution in [-0.4, -0.2) is 17.4 Å². The van der Waals surface area contributed by atoms with E-state index in [4.69, 9.17) is 20.8 Å². The van der Waals surface area contributed by atoms with Gasteiger partial charge in [0.25, 0.3) is 5.91 Å². The molecule has 0 atom stereocenters. The van der Waals surface area contributed by atoms with E-state index >= 15 is 0 Å². The molecule has 1 aromatic heterocycles. The fourth-order valence-corrected chi connectivity index (χ4v) is 2.60. The fraction of sp³-hybridized carbons (Fsp3) is 0.150. The van der Waals surface area contributed by atoms with Gasteiger partial charge >= 0.3 is 0 Å². The molecule has 0 saturated carbocycles. The molecule has 25 heavy (non-hydrogen) atoms. The molecule has 0 aliphatic rings. The van der Waals surface area contributed by atoms with Gasteiger partial charge in [-0.05, 0) is 35.9 Å². The molecule has 0 bridgehead atoms. The molecule has 0 saturated heterocycles. The van der Waals surface area contributed by atoms with Crippen molar-refractivity contribution in [1.82, 2.24) is 4.90 Å². The van der Waals surface area contributed by atoms with E-state index in [-0.39, 0.29) is 12.5 Å². The highest BCUT2D eigenvalue weighted by Gasteiger charge is 2.16. The van der Waals surface area contributed by atoms with Gasteiger partial charge in [0, 0.05) is 11.6 Å². The maximum atomic E-state index is 12.7. The van der Waals surface area contributed by atoms with Crippen LogP contribution in [0, 0.1) is 0 Å². The van der Waals surface area contributed by atoms with Gasteiger partial charge < -0.3 is 14.1 Å². The summed E-state index contributed by atoms with van der Waals surface area (Å²) in [5.41, 5.74) is 1.05. The van der Waals surface area contributed by atoms with Crippen molar-refractivity contribution in [2.45, 2.75) is 13.1 Å². The lowest BCUT2D eigenvalue weighted by Crippen LogP contribution is -2.34. The summed E-state index contributed by atoms with van der Waals surface area (Å²) in [4.78, 5) is 14.4. The summed E-state index contributed by atoms with van der Waals surface area (Å²) >= 11 is 5.94. The van der Waals surface area contributed by atoms with Crippen LogP contribution >= 0.6 is 11.6 Å². The number of carbonyl (C=O) groups is 1. The number of hydrogen-bond acceptors (Lipinski definition) is 3. The van der Waals surface area contributed by atoms with Crippen LogP contribution in [0.5, 0.6) is 5.75 Å². The summed E-state index contributed by atoms with van der Waals surface area (Å²) in [5.74, 6) is 1.17. The summed E-state index contributed by atoms with van der Waals surface area (Å²) in [5, 5.41) is 0.571. The minimum atomic E-state index is -0.125. The Morgan fingerprint density at radius 3 is 2.56 bits per heavy atom. The molecule has 1 heterocycles. The molecule has 3 rings (SSSR count). The molecule has 4 nitrogen and oxygen atoms in total. The van der Waals surface area contributed by atoms with Gasteiger partial charge in [0.15, 0.2) is 6.61 Å². The Kier molecular flexibility index (Phi) is 5.75. The number of halogens is 1. The van der Waals surface area contributed by atoms with Gasteiger partial charge in [0.1, 0.15) is 11.5 Å². The number of rotatable bonds is 7. The topological polar surface area (TPSA) is 42.7 Å². The van der Waals surface area contributed by atoms with Crippen molar-refractivity contribution < 1.29 is 13.9 Å². The predicted molar refractivity (Wildman–Crippen MR) is 96.4 cm³/mol. The Balaban J connectivity index is 1.67. The molecule has 3 aromatic rings. The minimum absolute atomic E-state index is 0.0616. The molecule has 0 radical (unpaired) electrons. The quantitative estimate of drug-likeness (QED) is 0.624. The second-order valence-electron chi connectivity index (χ2n) is 5.56. The molecule has 0 spiro atoms. The predicted octanol–water partition coefficient (Wildman–Crippen LogP) is 4.54. The van der Waals surface area contributed by atoms with Gasteiger partial charge in [-0.1, -0.05) is 48.0 Å². The molecular weight excluding hydrogens is 338 g/mol. The summed E-state index contributed by atoms with van der Waals surface area (Å²) in [6.07, 6.45) is 1.60. The Morgan fingerprint density at radius 1 is 1.00 bits per heavy atom. The largest absolute Gasteiger partial charge is 0.484 e. The summed E-state index contributed by atoms with van der Waals surface area (Å²) in [6, 6.07) is 20.5. The standard InChI is InChI=1S/C20H18ClNO3/c21-17-8-4-9-18(12-17)25-15-20(23)22(14-19-10-5-11-24-19)13-16-6-2-1-3-7-16/h1-12H,13-15H2. The third-order valence-corrected chi connectivity index (χ3v) is 3.89. The number of hydrogen-bond donors (Lipinski definition) is 0. The molecule has 2 aromatic carbocycles. The van der Waals surface area contributed by atoms with Crippen LogP contribution in [0.1, 0.15) is 11.3 Å². The normalized spacial score (nSPS) is 10.4. The van der Waals surface area contributed by atoms with Crippen LogP contribution in [0.25, 0.3) is 0 Å². The lowest BCUT2D eigenvalue weighted by Gasteiger charge is -2.22. The molecule has 0 aliphatic carbocycles. The molecule has 128 valence electrons. The molecule has 0 N–H and O–H groups in total. The molecule has 0 unspecified atom stereocenters. The van der Waals surface area contributed by atoms with E-state index in [1.807, 2.05) is 42.5 Å². The van der Waals surface area contributed by atoms with E-state index in [2.05, 4.69) is 0 Å². The van der Waals surface area contributed by atoms with Gasteiger partial charge in [-0.25, -0.2) is 0 Å². The van der Waals surface area contributed by atoms with E-state index < -0.39 is 0 Å². The Hall–Kier alpha value is -2.72. The third-order valence-electron chi connectivity index (χ3n) is 3.65. The average molecular weight is 356 g/mol. The van der Waals surface area contributed by atoms with Gasteiger partial charge in [0.05, 0.1) is 12.8 Å². The first-order valence-corrected chi connectivity index (χ1v) is 8.31. The third kappa shape index (κ3) is 5.13. The maximum absolute atomic E-state index is 12.7. The maximum Gasteiger partial charge on any atom is 0.261 e. The zero-order chi connectivity index (χ0) is 17.5. The zero-order valence-electron chi connectivity index (χ0n) is 13.6. The van der Waals surface area contributed by atoms with E-state index in [9.17, 15) is 4.79 Å². The molecule has 0 fully saturated rings. The SMILES string of the molecule is O=C(COc1cccc(Cl)c1)N(Cc1ccccc1)Cc1ccco1. The average Bonchev–Trinajstić information content (AvgIpc) is 3.13. The van der Waals surface area contributed by atoms with Crippen molar-refractivity contribution in [2.24, 2.45) is 0 Å². The number of amides is 1. The van der Waals surface area contributed by atoms with Crippen LogP contribution in [0.3, 0.4) is 0 Å². The van der Waals surface area contributed by atoms with E-state index in [0.717, 1.165) is 11.3 Å².